The number of aromatic amines is 1. The van der Waals surface area contributed by atoms with Crippen molar-refractivity contribution in [2.75, 3.05) is 0 Å². The maximum atomic E-state index is 11.4. The standard InChI is InChI=1S/C26H22N4O2/c1-17-5-6-19-4-3-13-27-26(19)25(17)18-7-10-21(11-8-18)32-16-23-22(15-30(2)29-23)20-9-12-24(31)28-14-20/h3-15H,16H2,1-2H3,(H,28,31). The Balaban J connectivity index is 1.39. The van der Waals surface area contributed by atoms with Crippen LogP contribution in [0.5, 0.6) is 5.75 Å². The van der Waals surface area contributed by atoms with Crippen LogP contribution in [0.15, 0.2) is 84.0 Å². The van der Waals surface area contributed by atoms with Crippen molar-refractivity contribution in [3.63, 3.8) is 0 Å². The normalized spacial score (nSPS) is 11.1. The van der Waals surface area contributed by atoms with Gasteiger partial charge in [0.1, 0.15) is 18.1 Å². The number of benzene rings is 2. The van der Waals surface area contributed by atoms with E-state index in [9.17, 15) is 4.79 Å². The average Bonchev–Trinajstić information content (AvgIpc) is 3.19. The van der Waals surface area contributed by atoms with Gasteiger partial charge in [-0.3, -0.25) is 14.5 Å². The minimum Gasteiger partial charge on any atom is -0.487 e. The van der Waals surface area contributed by atoms with Gasteiger partial charge in [-0.1, -0.05) is 30.3 Å². The number of ether oxygens (including phenoxy) is 1. The highest BCUT2D eigenvalue weighted by molar-refractivity contribution is 5.95. The number of aromatic nitrogens is 4. The Morgan fingerprint density at radius 2 is 1.81 bits per heavy atom. The zero-order valence-corrected chi connectivity index (χ0v) is 17.9. The van der Waals surface area contributed by atoms with Gasteiger partial charge in [0.05, 0.1) is 5.52 Å². The Morgan fingerprint density at radius 3 is 2.59 bits per heavy atom. The lowest BCUT2D eigenvalue weighted by Gasteiger charge is -2.11. The number of nitrogens with one attached hydrogen (secondary N) is 1. The van der Waals surface area contributed by atoms with Crippen molar-refractivity contribution >= 4 is 10.9 Å². The highest BCUT2D eigenvalue weighted by atomic mass is 16.5. The molecule has 2 aromatic carbocycles. The number of hydrogen-bond acceptors (Lipinski definition) is 4. The van der Waals surface area contributed by atoms with Crippen LogP contribution in [0.2, 0.25) is 0 Å². The Labute approximate surface area is 185 Å². The third-order valence-electron chi connectivity index (χ3n) is 5.50. The zero-order valence-electron chi connectivity index (χ0n) is 17.9. The molecule has 3 aromatic heterocycles. The lowest BCUT2D eigenvalue weighted by atomic mass is 9.97. The molecule has 0 spiro atoms. The van der Waals surface area contributed by atoms with E-state index in [1.807, 2.05) is 37.6 Å². The van der Waals surface area contributed by atoms with E-state index >= 15 is 0 Å². The third kappa shape index (κ3) is 3.78. The molecule has 0 aliphatic carbocycles. The number of pyridine rings is 2. The molecule has 0 saturated carbocycles. The van der Waals surface area contributed by atoms with E-state index in [-0.39, 0.29) is 5.56 Å². The number of nitrogens with zero attached hydrogens (tertiary/aromatic N) is 3. The summed E-state index contributed by atoms with van der Waals surface area (Å²) in [5.74, 6) is 0.762. The van der Waals surface area contributed by atoms with Crippen LogP contribution < -0.4 is 10.3 Å². The number of aryl methyl sites for hydroxylation is 2. The lowest BCUT2D eigenvalue weighted by molar-refractivity contribution is 0.300. The second-order valence-electron chi connectivity index (χ2n) is 7.75. The van der Waals surface area contributed by atoms with Crippen LogP contribution in [0.25, 0.3) is 33.2 Å². The van der Waals surface area contributed by atoms with Gasteiger partial charge in [-0.05, 0) is 42.3 Å². The molecule has 0 amide bonds. The van der Waals surface area contributed by atoms with Gasteiger partial charge in [0, 0.05) is 53.8 Å². The maximum Gasteiger partial charge on any atom is 0.247 e. The van der Waals surface area contributed by atoms with Crippen LogP contribution in [0.3, 0.4) is 0 Å². The van der Waals surface area contributed by atoms with Crippen molar-refractivity contribution in [2.24, 2.45) is 7.05 Å². The van der Waals surface area contributed by atoms with Gasteiger partial charge >= 0.3 is 0 Å². The van der Waals surface area contributed by atoms with Gasteiger partial charge in [-0.2, -0.15) is 5.10 Å². The molecule has 0 aliphatic heterocycles. The van der Waals surface area contributed by atoms with Crippen LogP contribution in [0, 0.1) is 6.92 Å². The van der Waals surface area contributed by atoms with Gasteiger partial charge in [-0.15, -0.1) is 0 Å². The van der Waals surface area contributed by atoms with E-state index in [0.29, 0.717) is 6.61 Å². The number of rotatable bonds is 5. The first-order valence-corrected chi connectivity index (χ1v) is 10.4. The molecule has 0 atom stereocenters. The first kappa shape index (κ1) is 19.8. The molecule has 5 rings (SSSR count). The average molecular weight is 422 g/mol. The minimum atomic E-state index is -0.132. The van der Waals surface area contributed by atoms with E-state index in [4.69, 9.17) is 4.74 Å². The van der Waals surface area contributed by atoms with Crippen LogP contribution in [-0.4, -0.2) is 19.7 Å². The molecule has 1 N–H and O–H groups in total. The molecule has 0 radical (unpaired) electrons. The summed E-state index contributed by atoms with van der Waals surface area (Å²) in [7, 11) is 1.87. The molecular formula is C26H22N4O2. The molecule has 5 aromatic rings. The Morgan fingerprint density at radius 1 is 1.00 bits per heavy atom. The van der Waals surface area contributed by atoms with Crippen LogP contribution >= 0.6 is 0 Å². The summed E-state index contributed by atoms with van der Waals surface area (Å²) in [6, 6.07) is 19.6. The summed E-state index contributed by atoms with van der Waals surface area (Å²) in [5.41, 5.74) is 6.92. The number of fused-ring (bicyclic) bond motifs is 1. The summed E-state index contributed by atoms with van der Waals surface area (Å²) >= 11 is 0. The highest BCUT2D eigenvalue weighted by Gasteiger charge is 2.12. The monoisotopic (exact) mass is 422 g/mol. The molecule has 6 nitrogen and oxygen atoms in total. The molecule has 0 unspecified atom stereocenters. The molecule has 0 aliphatic rings. The summed E-state index contributed by atoms with van der Waals surface area (Å²) < 4.78 is 7.79. The summed E-state index contributed by atoms with van der Waals surface area (Å²) in [5, 5.41) is 5.65. The van der Waals surface area contributed by atoms with E-state index < -0.39 is 0 Å². The Hall–Kier alpha value is -4.19. The van der Waals surface area contributed by atoms with Gasteiger partial charge in [0.15, 0.2) is 0 Å². The summed E-state index contributed by atoms with van der Waals surface area (Å²) in [4.78, 5) is 18.7. The van der Waals surface area contributed by atoms with Crippen LogP contribution in [-0.2, 0) is 13.7 Å². The predicted octanol–water partition coefficient (Wildman–Crippen LogP) is 4.88. The van der Waals surface area contributed by atoms with Crippen molar-refractivity contribution in [1.82, 2.24) is 19.7 Å². The molecule has 158 valence electrons. The van der Waals surface area contributed by atoms with Gasteiger partial charge in [0.25, 0.3) is 0 Å². The lowest BCUT2D eigenvalue weighted by Crippen LogP contribution is -2.02. The zero-order chi connectivity index (χ0) is 22.1. The maximum absolute atomic E-state index is 11.4. The fourth-order valence-electron chi connectivity index (χ4n) is 3.94. The van der Waals surface area contributed by atoms with E-state index in [0.717, 1.165) is 44.6 Å². The molecule has 0 saturated heterocycles. The molecular weight excluding hydrogens is 400 g/mol. The first-order chi connectivity index (χ1) is 15.6. The fourth-order valence-corrected chi connectivity index (χ4v) is 3.94. The fraction of sp³-hybridized carbons (Fsp3) is 0.115. The van der Waals surface area contributed by atoms with Crippen LogP contribution in [0.4, 0.5) is 0 Å². The molecule has 0 fully saturated rings. The Kier molecular flexibility index (Phi) is 5.03. The van der Waals surface area contributed by atoms with E-state index in [1.165, 1.54) is 11.6 Å². The predicted molar refractivity (Wildman–Crippen MR) is 126 cm³/mol. The van der Waals surface area contributed by atoms with Crippen molar-refractivity contribution < 1.29 is 4.74 Å². The SMILES string of the molecule is Cc1ccc2cccnc2c1-c1ccc(OCc2nn(C)cc2-c2ccc(=O)[nH]c2)cc1. The van der Waals surface area contributed by atoms with Gasteiger partial charge < -0.3 is 9.72 Å². The molecule has 0 bridgehead atoms. The van der Waals surface area contributed by atoms with Crippen molar-refractivity contribution in [2.45, 2.75) is 13.5 Å². The summed E-state index contributed by atoms with van der Waals surface area (Å²) in [6.07, 6.45) is 5.44. The second kappa shape index (κ2) is 8.15. The van der Waals surface area contributed by atoms with Crippen molar-refractivity contribution in [1.29, 1.82) is 0 Å². The molecule has 3 heterocycles. The molecule has 6 heteroatoms. The largest absolute Gasteiger partial charge is 0.487 e. The molecule has 32 heavy (non-hydrogen) atoms. The third-order valence-corrected chi connectivity index (χ3v) is 5.50. The number of H-pyrrole nitrogens is 1. The van der Waals surface area contributed by atoms with Gasteiger partial charge in [0.2, 0.25) is 5.56 Å². The van der Waals surface area contributed by atoms with Gasteiger partial charge in [-0.25, -0.2) is 0 Å². The minimum absolute atomic E-state index is 0.132. The Bertz CT molecular complexity index is 1450. The van der Waals surface area contributed by atoms with Crippen molar-refractivity contribution in [3.8, 4) is 28.0 Å². The number of hydrogen-bond donors (Lipinski definition) is 1. The van der Waals surface area contributed by atoms with E-state index in [1.54, 1.807) is 16.9 Å². The first-order valence-electron chi connectivity index (χ1n) is 10.4. The van der Waals surface area contributed by atoms with E-state index in [2.05, 4.69) is 52.3 Å². The second-order valence-corrected chi connectivity index (χ2v) is 7.75. The van der Waals surface area contributed by atoms with Crippen LogP contribution in [0.1, 0.15) is 11.3 Å². The summed E-state index contributed by atoms with van der Waals surface area (Å²) in [6.45, 7) is 2.43. The highest BCUT2D eigenvalue weighted by Crippen LogP contribution is 2.32. The van der Waals surface area contributed by atoms with Crippen molar-refractivity contribution in [3.05, 3.63) is 101 Å². The topological polar surface area (TPSA) is 72.8 Å². The quantitative estimate of drug-likeness (QED) is 0.438. The smallest absolute Gasteiger partial charge is 0.247 e.